The molecule has 5 heteroatoms. The van der Waals surface area contributed by atoms with Gasteiger partial charge in [0.1, 0.15) is 0 Å². The molecular formula is C13H10F3OP. The molecule has 0 bridgehead atoms. The summed E-state index contributed by atoms with van der Waals surface area (Å²) in [4.78, 5) is 0. The van der Waals surface area contributed by atoms with E-state index in [1.165, 1.54) is 48.5 Å². The lowest BCUT2D eigenvalue weighted by molar-refractivity contribution is -0.0437. The van der Waals surface area contributed by atoms with Crippen LogP contribution >= 0.6 is 7.14 Å². The standard InChI is InChI=1S/C13H10F3OP/c14-13(15,16)18(17,11-7-3-1-4-8-11)12-9-5-2-6-10-12/h1-10H. The van der Waals surface area contributed by atoms with Crippen molar-refractivity contribution < 1.29 is 17.7 Å². The lowest BCUT2D eigenvalue weighted by Gasteiger charge is -2.21. The van der Waals surface area contributed by atoms with Gasteiger partial charge in [-0.25, -0.2) is 0 Å². The van der Waals surface area contributed by atoms with Crippen LogP contribution in [0.4, 0.5) is 13.2 Å². The van der Waals surface area contributed by atoms with Crippen molar-refractivity contribution in [2.24, 2.45) is 0 Å². The number of hydrogen-bond donors (Lipinski definition) is 0. The highest BCUT2D eigenvalue weighted by molar-refractivity contribution is 7.79. The van der Waals surface area contributed by atoms with Gasteiger partial charge in [-0.1, -0.05) is 60.7 Å². The second-order valence-electron chi connectivity index (χ2n) is 3.75. The number of benzene rings is 2. The topological polar surface area (TPSA) is 17.1 Å². The molecule has 0 aliphatic heterocycles. The molecule has 2 rings (SSSR count). The van der Waals surface area contributed by atoms with Crippen molar-refractivity contribution >= 4 is 17.8 Å². The summed E-state index contributed by atoms with van der Waals surface area (Å²) in [6.07, 6.45) is 0. The summed E-state index contributed by atoms with van der Waals surface area (Å²) < 4.78 is 52.2. The molecular weight excluding hydrogens is 260 g/mol. The van der Waals surface area contributed by atoms with E-state index in [0.717, 1.165) is 0 Å². The highest BCUT2D eigenvalue weighted by atomic mass is 31.2. The maximum Gasteiger partial charge on any atom is 0.448 e. The first-order chi connectivity index (χ1) is 8.46. The molecule has 2 aromatic carbocycles. The third-order valence-corrected chi connectivity index (χ3v) is 5.36. The largest absolute Gasteiger partial charge is 0.448 e. The zero-order valence-electron chi connectivity index (χ0n) is 9.26. The van der Waals surface area contributed by atoms with Gasteiger partial charge in [0, 0.05) is 10.6 Å². The first-order valence-electron chi connectivity index (χ1n) is 5.24. The molecule has 0 saturated carbocycles. The molecule has 0 fully saturated rings. The van der Waals surface area contributed by atoms with Crippen molar-refractivity contribution in [3.05, 3.63) is 60.7 Å². The van der Waals surface area contributed by atoms with Gasteiger partial charge in [-0.15, -0.1) is 0 Å². The summed E-state index contributed by atoms with van der Waals surface area (Å²) in [5, 5.41) is -0.382. The fourth-order valence-electron chi connectivity index (χ4n) is 1.72. The lowest BCUT2D eigenvalue weighted by Crippen LogP contribution is -2.27. The minimum absolute atomic E-state index is 0.191. The zero-order chi connectivity index (χ0) is 13.2. The van der Waals surface area contributed by atoms with Gasteiger partial charge in [0.15, 0.2) is 0 Å². The van der Waals surface area contributed by atoms with Gasteiger partial charge in [-0.05, 0) is 0 Å². The van der Waals surface area contributed by atoms with Gasteiger partial charge in [-0.2, -0.15) is 13.2 Å². The number of alkyl halides is 3. The summed E-state index contributed by atoms with van der Waals surface area (Å²) in [6.45, 7) is 0. The minimum atomic E-state index is -4.78. The van der Waals surface area contributed by atoms with Gasteiger partial charge in [-0.3, -0.25) is 0 Å². The number of rotatable bonds is 2. The molecule has 0 amide bonds. The van der Waals surface area contributed by atoms with E-state index in [9.17, 15) is 17.7 Å². The highest BCUT2D eigenvalue weighted by Gasteiger charge is 2.53. The summed E-state index contributed by atoms with van der Waals surface area (Å²) >= 11 is 0. The summed E-state index contributed by atoms with van der Waals surface area (Å²) in [6, 6.07) is 14.0. The van der Waals surface area contributed by atoms with Crippen molar-refractivity contribution in [3.63, 3.8) is 0 Å². The molecule has 0 aliphatic rings. The van der Waals surface area contributed by atoms with Crippen molar-refractivity contribution in [2.75, 3.05) is 0 Å². The highest BCUT2D eigenvalue weighted by Crippen LogP contribution is 2.58. The number of halogens is 3. The third kappa shape index (κ3) is 2.08. The zero-order valence-corrected chi connectivity index (χ0v) is 10.2. The quantitative estimate of drug-likeness (QED) is 0.763. The minimum Gasteiger partial charge on any atom is -0.304 e. The Labute approximate surface area is 103 Å². The van der Waals surface area contributed by atoms with E-state index in [1.54, 1.807) is 12.1 Å². The van der Waals surface area contributed by atoms with Crippen LogP contribution in [-0.2, 0) is 4.57 Å². The average Bonchev–Trinajstić information content (AvgIpc) is 2.38. The maximum absolute atomic E-state index is 13.2. The Morgan fingerprint density at radius 1 is 0.722 bits per heavy atom. The van der Waals surface area contributed by atoms with E-state index in [0.29, 0.717) is 0 Å². The van der Waals surface area contributed by atoms with Crippen LogP contribution < -0.4 is 10.6 Å². The van der Waals surface area contributed by atoms with Crippen LogP contribution in [0.3, 0.4) is 0 Å². The van der Waals surface area contributed by atoms with Crippen molar-refractivity contribution in [1.29, 1.82) is 0 Å². The molecule has 0 unspecified atom stereocenters. The normalized spacial score (nSPS) is 12.4. The Kier molecular flexibility index (Phi) is 3.31. The second kappa shape index (κ2) is 4.62. The van der Waals surface area contributed by atoms with E-state index in [1.807, 2.05) is 0 Å². The van der Waals surface area contributed by atoms with Gasteiger partial charge in [0.2, 0.25) is 7.14 Å². The molecule has 0 aliphatic carbocycles. The van der Waals surface area contributed by atoms with E-state index in [4.69, 9.17) is 0 Å². The third-order valence-electron chi connectivity index (χ3n) is 2.60. The lowest BCUT2D eigenvalue weighted by atomic mass is 10.4. The van der Waals surface area contributed by atoms with Crippen LogP contribution in [0.1, 0.15) is 0 Å². The molecule has 0 radical (unpaired) electrons. The summed E-state index contributed by atoms with van der Waals surface area (Å²) in [5.41, 5.74) is 0. The molecule has 1 nitrogen and oxygen atoms in total. The maximum atomic E-state index is 13.2. The van der Waals surface area contributed by atoms with E-state index >= 15 is 0 Å². The molecule has 0 spiro atoms. The van der Waals surface area contributed by atoms with Crippen LogP contribution in [0.5, 0.6) is 0 Å². The van der Waals surface area contributed by atoms with Crippen molar-refractivity contribution in [1.82, 2.24) is 0 Å². The second-order valence-corrected chi connectivity index (χ2v) is 6.51. The molecule has 18 heavy (non-hydrogen) atoms. The van der Waals surface area contributed by atoms with Crippen molar-refractivity contribution in [2.45, 2.75) is 5.92 Å². The fourth-order valence-corrected chi connectivity index (χ4v) is 3.79. The first kappa shape index (κ1) is 12.9. The van der Waals surface area contributed by atoms with Gasteiger partial charge >= 0.3 is 5.92 Å². The van der Waals surface area contributed by atoms with Crippen LogP contribution in [0, 0.1) is 0 Å². The Morgan fingerprint density at radius 3 is 1.33 bits per heavy atom. The fraction of sp³-hybridized carbons (Fsp3) is 0.0769. The average molecular weight is 270 g/mol. The van der Waals surface area contributed by atoms with Gasteiger partial charge in [0.25, 0.3) is 0 Å². The number of hydrogen-bond acceptors (Lipinski definition) is 1. The summed E-state index contributed by atoms with van der Waals surface area (Å²) in [7, 11) is -4.61. The predicted molar refractivity (Wildman–Crippen MR) is 65.8 cm³/mol. The molecule has 0 N–H and O–H groups in total. The smallest absolute Gasteiger partial charge is 0.304 e. The van der Waals surface area contributed by atoms with E-state index in [-0.39, 0.29) is 10.6 Å². The van der Waals surface area contributed by atoms with Gasteiger partial charge in [0.05, 0.1) is 0 Å². The summed E-state index contributed by atoms with van der Waals surface area (Å²) in [5.74, 6) is -4.78. The Bertz CT molecular complexity index is 520. The van der Waals surface area contributed by atoms with Crippen LogP contribution in [0.15, 0.2) is 60.7 Å². The van der Waals surface area contributed by atoms with Crippen LogP contribution in [-0.4, -0.2) is 5.92 Å². The SMILES string of the molecule is O=P(c1ccccc1)(c1ccccc1)C(F)(F)F. The van der Waals surface area contributed by atoms with E-state index in [2.05, 4.69) is 0 Å². The molecule has 94 valence electrons. The molecule has 0 saturated heterocycles. The monoisotopic (exact) mass is 270 g/mol. The van der Waals surface area contributed by atoms with Crippen LogP contribution in [0.25, 0.3) is 0 Å². The molecule has 0 heterocycles. The predicted octanol–water partition coefficient (Wildman–Crippen LogP) is 3.52. The Balaban J connectivity index is 2.68. The Morgan fingerprint density at radius 2 is 1.06 bits per heavy atom. The van der Waals surface area contributed by atoms with Gasteiger partial charge < -0.3 is 4.57 Å². The molecule has 2 aromatic rings. The Hall–Kier alpha value is -1.54. The first-order valence-corrected chi connectivity index (χ1v) is 6.95. The molecule has 0 atom stereocenters. The van der Waals surface area contributed by atoms with Crippen LogP contribution in [0.2, 0.25) is 0 Å². The van der Waals surface area contributed by atoms with E-state index < -0.39 is 13.1 Å². The van der Waals surface area contributed by atoms with Crippen molar-refractivity contribution in [3.8, 4) is 0 Å². The molecule has 0 aromatic heterocycles.